The molecule has 2 N–H and O–H groups in total. The van der Waals surface area contributed by atoms with Crippen molar-refractivity contribution in [1.82, 2.24) is 10.1 Å². The lowest BCUT2D eigenvalue weighted by molar-refractivity contribution is 0.439. The molecule has 17 heavy (non-hydrogen) atoms. The Morgan fingerprint density at radius 1 is 1.24 bits per heavy atom. The molecule has 0 saturated heterocycles. The highest BCUT2D eigenvalue weighted by Gasteiger charge is 2.17. The zero-order chi connectivity index (χ0) is 11.7. The number of nitrogens with two attached hydrogens (primary N) is 1. The van der Waals surface area contributed by atoms with Crippen molar-refractivity contribution in [3.63, 3.8) is 0 Å². The lowest BCUT2D eigenvalue weighted by atomic mass is 10.1. The van der Waals surface area contributed by atoms with Crippen LogP contribution >= 0.6 is 11.3 Å². The van der Waals surface area contributed by atoms with Crippen LogP contribution in [-0.2, 0) is 0 Å². The standard InChI is InChI=1S/C12H9N3OS/c13-12-10(9-4-2-6-17-9)11(15-16-12)8-3-1-5-14-7-8/h1-7H,13H2. The SMILES string of the molecule is Nc1onc(-c2cccnc2)c1-c1cccs1. The summed E-state index contributed by atoms with van der Waals surface area (Å²) in [5, 5.41) is 6.00. The lowest BCUT2D eigenvalue weighted by Crippen LogP contribution is -1.85. The fourth-order valence-corrected chi connectivity index (χ4v) is 2.44. The molecule has 0 aromatic carbocycles. The maximum Gasteiger partial charge on any atom is 0.231 e. The minimum Gasteiger partial charge on any atom is -0.367 e. The predicted octanol–water partition coefficient (Wildman–Crippen LogP) is 3.05. The van der Waals surface area contributed by atoms with E-state index in [-0.39, 0.29) is 0 Å². The van der Waals surface area contributed by atoms with Crippen molar-refractivity contribution >= 4 is 17.2 Å². The summed E-state index contributed by atoms with van der Waals surface area (Å²) in [5.74, 6) is 0.339. The number of pyridine rings is 1. The number of hydrogen-bond donors (Lipinski definition) is 1. The second-order valence-corrected chi connectivity index (χ2v) is 4.44. The van der Waals surface area contributed by atoms with Crippen LogP contribution in [0, 0.1) is 0 Å². The van der Waals surface area contributed by atoms with Gasteiger partial charge >= 0.3 is 0 Å². The lowest BCUT2D eigenvalue weighted by Gasteiger charge is -1.98. The van der Waals surface area contributed by atoms with Crippen LogP contribution in [0.25, 0.3) is 21.7 Å². The van der Waals surface area contributed by atoms with E-state index in [1.165, 1.54) is 0 Å². The Labute approximate surface area is 102 Å². The summed E-state index contributed by atoms with van der Waals surface area (Å²) in [6.45, 7) is 0. The normalized spacial score (nSPS) is 10.6. The first kappa shape index (κ1) is 10.0. The molecule has 3 heterocycles. The van der Waals surface area contributed by atoms with Crippen LogP contribution in [0.2, 0.25) is 0 Å². The van der Waals surface area contributed by atoms with E-state index >= 15 is 0 Å². The van der Waals surface area contributed by atoms with Gasteiger partial charge in [0.15, 0.2) is 0 Å². The van der Waals surface area contributed by atoms with Gasteiger partial charge in [-0.05, 0) is 23.6 Å². The van der Waals surface area contributed by atoms with Crippen molar-refractivity contribution < 1.29 is 4.52 Å². The first-order chi connectivity index (χ1) is 8.36. The Hall–Kier alpha value is -2.14. The van der Waals surface area contributed by atoms with Gasteiger partial charge in [0.2, 0.25) is 5.88 Å². The van der Waals surface area contributed by atoms with Crippen molar-refractivity contribution in [2.75, 3.05) is 5.73 Å². The molecule has 0 atom stereocenters. The zero-order valence-corrected chi connectivity index (χ0v) is 9.65. The summed E-state index contributed by atoms with van der Waals surface area (Å²) in [4.78, 5) is 5.12. The monoisotopic (exact) mass is 243 g/mol. The van der Waals surface area contributed by atoms with Gasteiger partial charge in [0.25, 0.3) is 0 Å². The Balaban J connectivity index is 2.20. The average molecular weight is 243 g/mol. The van der Waals surface area contributed by atoms with Crippen LogP contribution < -0.4 is 5.73 Å². The molecular weight excluding hydrogens is 234 g/mol. The molecule has 0 aliphatic rings. The summed E-state index contributed by atoms with van der Waals surface area (Å²) in [7, 11) is 0. The van der Waals surface area contributed by atoms with Crippen molar-refractivity contribution in [1.29, 1.82) is 0 Å². The molecule has 0 bridgehead atoms. The van der Waals surface area contributed by atoms with Gasteiger partial charge in [-0.1, -0.05) is 11.2 Å². The van der Waals surface area contributed by atoms with Crippen LogP contribution in [0.15, 0.2) is 46.6 Å². The highest BCUT2D eigenvalue weighted by molar-refractivity contribution is 7.13. The number of rotatable bonds is 2. The summed E-state index contributed by atoms with van der Waals surface area (Å²) in [5.41, 5.74) is 8.30. The third kappa shape index (κ3) is 1.70. The van der Waals surface area contributed by atoms with Gasteiger partial charge in [-0.2, -0.15) is 0 Å². The number of nitrogens with zero attached hydrogens (tertiary/aromatic N) is 2. The molecule has 5 heteroatoms. The van der Waals surface area contributed by atoms with E-state index in [2.05, 4.69) is 10.1 Å². The first-order valence-corrected chi connectivity index (χ1v) is 5.93. The highest BCUT2D eigenvalue weighted by atomic mass is 32.1. The third-order valence-electron chi connectivity index (χ3n) is 2.42. The van der Waals surface area contributed by atoms with Crippen LogP contribution in [0.4, 0.5) is 5.88 Å². The molecular formula is C12H9N3OS. The fourth-order valence-electron chi connectivity index (χ4n) is 1.66. The number of thiophene rings is 1. The van der Waals surface area contributed by atoms with Gasteiger partial charge in [-0.3, -0.25) is 4.98 Å². The van der Waals surface area contributed by atoms with E-state index < -0.39 is 0 Å². The Morgan fingerprint density at radius 3 is 2.88 bits per heavy atom. The number of aromatic nitrogens is 2. The molecule has 0 aliphatic carbocycles. The minimum atomic E-state index is 0.339. The molecule has 3 rings (SSSR count). The summed E-state index contributed by atoms with van der Waals surface area (Å²) in [6.07, 6.45) is 3.46. The Bertz CT molecular complexity index is 617. The maximum atomic E-state index is 5.83. The number of hydrogen-bond acceptors (Lipinski definition) is 5. The predicted molar refractivity (Wildman–Crippen MR) is 67.5 cm³/mol. The fraction of sp³-hybridized carbons (Fsp3) is 0. The van der Waals surface area contributed by atoms with E-state index in [0.29, 0.717) is 5.88 Å². The highest BCUT2D eigenvalue weighted by Crippen LogP contribution is 2.37. The second kappa shape index (κ2) is 4.03. The minimum absolute atomic E-state index is 0.339. The Morgan fingerprint density at radius 2 is 2.18 bits per heavy atom. The van der Waals surface area contributed by atoms with Gasteiger partial charge < -0.3 is 10.3 Å². The van der Waals surface area contributed by atoms with E-state index in [1.54, 1.807) is 23.7 Å². The van der Waals surface area contributed by atoms with Crippen LogP contribution in [-0.4, -0.2) is 10.1 Å². The molecule has 0 fully saturated rings. The third-order valence-corrected chi connectivity index (χ3v) is 3.31. The topological polar surface area (TPSA) is 64.9 Å². The molecule has 0 aliphatic heterocycles. The van der Waals surface area contributed by atoms with Gasteiger partial charge in [-0.25, -0.2) is 0 Å². The van der Waals surface area contributed by atoms with Gasteiger partial charge in [0, 0.05) is 22.8 Å². The molecule has 0 amide bonds. The largest absolute Gasteiger partial charge is 0.367 e. The summed E-state index contributed by atoms with van der Waals surface area (Å²) >= 11 is 1.60. The van der Waals surface area contributed by atoms with E-state index in [1.807, 2.05) is 29.6 Å². The summed E-state index contributed by atoms with van der Waals surface area (Å²) in [6, 6.07) is 7.76. The van der Waals surface area contributed by atoms with Crippen molar-refractivity contribution in [2.45, 2.75) is 0 Å². The smallest absolute Gasteiger partial charge is 0.231 e. The van der Waals surface area contributed by atoms with Crippen LogP contribution in [0.1, 0.15) is 0 Å². The molecule has 84 valence electrons. The second-order valence-electron chi connectivity index (χ2n) is 3.49. The molecule has 3 aromatic heterocycles. The van der Waals surface area contributed by atoms with Crippen molar-refractivity contribution in [3.8, 4) is 21.7 Å². The molecule has 0 spiro atoms. The van der Waals surface area contributed by atoms with Gasteiger partial charge in [0.05, 0.1) is 5.56 Å². The van der Waals surface area contributed by atoms with Crippen LogP contribution in [0.5, 0.6) is 0 Å². The first-order valence-electron chi connectivity index (χ1n) is 5.05. The quantitative estimate of drug-likeness (QED) is 0.751. The van der Waals surface area contributed by atoms with E-state index in [4.69, 9.17) is 10.3 Å². The maximum absolute atomic E-state index is 5.83. The summed E-state index contributed by atoms with van der Waals surface area (Å²) < 4.78 is 5.08. The molecule has 0 saturated carbocycles. The van der Waals surface area contributed by atoms with E-state index in [0.717, 1.165) is 21.7 Å². The Kier molecular flexibility index (Phi) is 2.38. The number of anilines is 1. The molecule has 3 aromatic rings. The van der Waals surface area contributed by atoms with Gasteiger partial charge in [-0.15, -0.1) is 11.3 Å². The number of nitrogen functional groups attached to an aromatic ring is 1. The van der Waals surface area contributed by atoms with Crippen LogP contribution in [0.3, 0.4) is 0 Å². The molecule has 0 unspecified atom stereocenters. The average Bonchev–Trinajstić information content (AvgIpc) is 2.99. The molecule has 0 radical (unpaired) electrons. The zero-order valence-electron chi connectivity index (χ0n) is 8.83. The van der Waals surface area contributed by atoms with Gasteiger partial charge in [0.1, 0.15) is 5.69 Å². The van der Waals surface area contributed by atoms with E-state index in [9.17, 15) is 0 Å². The van der Waals surface area contributed by atoms with Crippen molar-refractivity contribution in [3.05, 3.63) is 42.0 Å². The molecule has 4 nitrogen and oxygen atoms in total. The van der Waals surface area contributed by atoms with Crippen molar-refractivity contribution in [2.24, 2.45) is 0 Å².